The number of nitrogens with one attached hydrogen (secondary N) is 2. The Hall–Kier alpha value is -2.63. The Morgan fingerprint density at radius 2 is 1.82 bits per heavy atom. The molecule has 1 aromatic carbocycles. The third-order valence-electron chi connectivity index (χ3n) is 4.86. The highest BCUT2D eigenvalue weighted by Gasteiger charge is 2.29. The standard InChI is InChI=1S/C22H30N4O2/c1-14(2)15-10-6-7-11-16(15)23-21(28)19-24-18(20(27)25-22(3,4)5)17-12-8-9-13-26(17)19/h6-7,10-11,14H,8-9,12-13H2,1-5H3,(H,23,28)(H,25,27). The maximum atomic E-state index is 13.1. The van der Waals surface area contributed by atoms with Crippen molar-refractivity contribution in [3.05, 3.63) is 47.0 Å². The van der Waals surface area contributed by atoms with Gasteiger partial charge < -0.3 is 15.2 Å². The van der Waals surface area contributed by atoms with Crippen molar-refractivity contribution in [2.75, 3.05) is 5.32 Å². The van der Waals surface area contributed by atoms with Gasteiger partial charge in [0.15, 0.2) is 5.82 Å². The topological polar surface area (TPSA) is 76.0 Å². The van der Waals surface area contributed by atoms with Crippen LogP contribution in [0.25, 0.3) is 0 Å². The molecule has 0 spiro atoms. The number of carbonyl (C=O) groups is 2. The Labute approximate surface area is 166 Å². The largest absolute Gasteiger partial charge is 0.346 e. The summed E-state index contributed by atoms with van der Waals surface area (Å²) in [7, 11) is 0. The second kappa shape index (κ2) is 7.78. The summed E-state index contributed by atoms with van der Waals surface area (Å²) in [5.41, 5.74) is 2.73. The molecule has 0 radical (unpaired) electrons. The number of anilines is 1. The van der Waals surface area contributed by atoms with Gasteiger partial charge >= 0.3 is 0 Å². The van der Waals surface area contributed by atoms with Gasteiger partial charge in [0.05, 0.1) is 5.69 Å². The van der Waals surface area contributed by atoms with E-state index < -0.39 is 0 Å². The lowest BCUT2D eigenvalue weighted by molar-refractivity contribution is 0.0913. The van der Waals surface area contributed by atoms with Crippen LogP contribution in [0.5, 0.6) is 0 Å². The van der Waals surface area contributed by atoms with Crippen LogP contribution in [0.15, 0.2) is 24.3 Å². The van der Waals surface area contributed by atoms with Crippen LogP contribution < -0.4 is 10.6 Å². The lowest BCUT2D eigenvalue weighted by Crippen LogP contribution is -2.41. The summed E-state index contributed by atoms with van der Waals surface area (Å²) in [4.78, 5) is 30.3. The van der Waals surface area contributed by atoms with Gasteiger partial charge in [0, 0.05) is 17.8 Å². The van der Waals surface area contributed by atoms with Gasteiger partial charge in [0.2, 0.25) is 0 Å². The number of hydrogen-bond donors (Lipinski definition) is 2. The van der Waals surface area contributed by atoms with Gasteiger partial charge in [0.25, 0.3) is 11.8 Å². The van der Waals surface area contributed by atoms with Gasteiger partial charge in [-0.3, -0.25) is 9.59 Å². The second-order valence-corrected chi connectivity index (χ2v) is 8.74. The van der Waals surface area contributed by atoms with Crippen LogP contribution in [0, 0.1) is 0 Å². The van der Waals surface area contributed by atoms with Crippen molar-refractivity contribution in [2.45, 2.75) is 71.9 Å². The van der Waals surface area contributed by atoms with E-state index in [0.29, 0.717) is 24.0 Å². The molecule has 150 valence electrons. The molecule has 1 aliphatic heterocycles. The van der Waals surface area contributed by atoms with Crippen molar-refractivity contribution in [1.82, 2.24) is 14.9 Å². The Morgan fingerprint density at radius 1 is 1.11 bits per heavy atom. The molecule has 2 amide bonds. The molecular weight excluding hydrogens is 352 g/mol. The third-order valence-corrected chi connectivity index (χ3v) is 4.86. The summed E-state index contributed by atoms with van der Waals surface area (Å²) in [5, 5.41) is 5.97. The molecule has 0 saturated heterocycles. The Bertz CT molecular complexity index is 890. The molecular formula is C22H30N4O2. The number of fused-ring (bicyclic) bond motifs is 1. The van der Waals surface area contributed by atoms with Crippen LogP contribution >= 0.6 is 0 Å². The number of aromatic nitrogens is 2. The lowest BCUT2D eigenvalue weighted by Gasteiger charge is -2.21. The molecule has 0 bridgehead atoms. The van der Waals surface area contributed by atoms with Gasteiger partial charge in [-0.2, -0.15) is 0 Å². The van der Waals surface area contributed by atoms with E-state index >= 15 is 0 Å². The summed E-state index contributed by atoms with van der Waals surface area (Å²) in [6.45, 7) is 10.7. The average molecular weight is 383 g/mol. The van der Waals surface area contributed by atoms with Crippen molar-refractivity contribution in [1.29, 1.82) is 0 Å². The average Bonchev–Trinajstić information content (AvgIpc) is 3.00. The molecule has 0 fully saturated rings. The molecule has 6 nitrogen and oxygen atoms in total. The highest BCUT2D eigenvalue weighted by Crippen LogP contribution is 2.26. The summed E-state index contributed by atoms with van der Waals surface area (Å²) >= 11 is 0. The molecule has 2 heterocycles. The van der Waals surface area contributed by atoms with Crippen molar-refractivity contribution in [3.63, 3.8) is 0 Å². The Morgan fingerprint density at radius 3 is 2.50 bits per heavy atom. The first-order chi connectivity index (χ1) is 13.2. The third kappa shape index (κ3) is 4.26. The minimum absolute atomic E-state index is 0.222. The molecule has 3 rings (SSSR count). The number of imidazole rings is 1. The maximum absolute atomic E-state index is 13.1. The van der Waals surface area contributed by atoms with E-state index in [0.717, 1.165) is 36.2 Å². The van der Waals surface area contributed by atoms with E-state index in [2.05, 4.69) is 29.5 Å². The zero-order chi connectivity index (χ0) is 20.5. The Kier molecular flexibility index (Phi) is 5.59. The minimum atomic E-state index is -0.360. The number of nitrogens with zero attached hydrogens (tertiary/aromatic N) is 2. The van der Waals surface area contributed by atoms with Gasteiger partial charge in [-0.1, -0.05) is 32.0 Å². The molecule has 1 aliphatic rings. The fraction of sp³-hybridized carbons (Fsp3) is 0.500. The summed E-state index contributed by atoms with van der Waals surface area (Å²) in [6, 6.07) is 7.80. The molecule has 2 aromatic rings. The fourth-order valence-corrected chi connectivity index (χ4v) is 3.59. The summed E-state index contributed by atoms with van der Waals surface area (Å²) in [6.07, 6.45) is 2.74. The fourth-order valence-electron chi connectivity index (χ4n) is 3.59. The Balaban J connectivity index is 1.94. The van der Waals surface area contributed by atoms with E-state index in [-0.39, 0.29) is 17.4 Å². The van der Waals surface area contributed by atoms with Crippen molar-refractivity contribution in [3.8, 4) is 0 Å². The van der Waals surface area contributed by atoms with Crippen molar-refractivity contribution in [2.24, 2.45) is 0 Å². The SMILES string of the molecule is CC(C)c1ccccc1NC(=O)c1nc(C(=O)NC(C)(C)C)c2n1CCCC2. The van der Waals surface area contributed by atoms with E-state index in [1.165, 1.54) is 0 Å². The van der Waals surface area contributed by atoms with E-state index in [1.807, 2.05) is 49.6 Å². The summed E-state index contributed by atoms with van der Waals surface area (Å²) < 4.78 is 1.91. The monoisotopic (exact) mass is 382 g/mol. The van der Waals surface area contributed by atoms with Gasteiger partial charge in [0.1, 0.15) is 5.69 Å². The van der Waals surface area contributed by atoms with E-state index in [9.17, 15) is 9.59 Å². The first-order valence-corrected chi connectivity index (χ1v) is 9.99. The highest BCUT2D eigenvalue weighted by molar-refractivity contribution is 6.04. The number of rotatable bonds is 4. The predicted octanol–water partition coefficient (Wildman–Crippen LogP) is 4.12. The molecule has 0 saturated carbocycles. The van der Waals surface area contributed by atoms with E-state index in [1.54, 1.807) is 0 Å². The minimum Gasteiger partial charge on any atom is -0.346 e. The zero-order valence-corrected chi connectivity index (χ0v) is 17.4. The first kappa shape index (κ1) is 20.1. The molecule has 28 heavy (non-hydrogen) atoms. The molecule has 6 heteroatoms. The smallest absolute Gasteiger partial charge is 0.291 e. The number of carbonyl (C=O) groups excluding carboxylic acids is 2. The van der Waals surface area contributed by atoms with E-state index in [4.69, 9.17) is 0 Å². The van der Waals surface area contributed by atoms with Gasteiger partial charge in [-0.05, 0) is 57.6 Å². The summed E-state index contributed by atoms with van der Waals surface area (Å²) in [5.74, 6) is 0.108. The molecule has 0 unspecified atom stereocenters. The molecule has 1 aromatic heterocycles. The molecule has 0 aliphatic carbocycles. The highest BCUT2D eigenvalue weighted by atomic mass is 16.2. The lowest BCUT2D eigenvalue weighted by atomic mass is 10.0. The maximum Gasteiger partial charge on any atom is 0.291 e. The first-order valence-electron chi connectivity index (χ1n) is 9.99. The predicted molar refractivity (Wildman–Crippen MR) is 111 cm³/mol. The normalized spacial score (nSPS) is 13.9. The zero-order valence-electron chi connectivity index (χ0n) is 17.4. The van der Waals surface area contributed by atoms with Crippen LogP contribution in [0.1, 0.15) is 85.7 Å². The van der Waals surface area contributed by atoms with Crippen LogP contribution in [-0.4, -0.2) is 26.9 Å². The van der Waals surface area contributed by atoms with Crippen LogP contribution in [0.2, 0.25) is 0 Å². The van der Waals surface area contributed by atoms with Crippen LogP contribution in [0.3, 0.4) is 0 Å². The number of hydrogen-bond acceptors (Lipinski definition) is 3. The van der Waals surface area contributed by atoms with Gasteiger partial charge in [-0.25, -0.2) is 4.98 Å². The molecule has 2 N–H and O–H groups in total. The second-order valence-electron chi connectivity index (χ2n) is 8.74. The van der Waals surface area contributed by atoms with Crippen LogP contribution in [-0.2, 0) is 13.0 Å². The van der Waals surface area contributed by atoms with Crippen molar-refractivity contribution >= 4 is 17.5 Å². The number of para-hydroxylation sites is 1. The van der Waals surface area contributed by atoms with Gasteiger partial charge in [-0.15, -0.1) is 0 Å². The quantitative estimate of drug-likeness (QED) is 0.835. The van der Waals surface area contributed by atoms with Crippen LogP contribution in [0.4, 0.5) is 5.69 Å². The van der Waals surface area contributed by atoms with Crippen molar-refractivity contribution < 1.29 is 9.59 Å². The number of amides is 2. The molecule has 0 atom stereocenters. The number of benzene rings is 1.